The minimum Gasteiger partial charge on any atom is -0.444 e. The van der Waals surface area contributed by atoms with Crippen molar-refractivity contribution in [1.29, 1.82) is 0 Å². The van der Waals surface area contributed by atoms with E-state index in [1.165, 1.54) is 17.1 Å². The highest BCUT2D eigenvalue weighted by atomic mass is 19.4. The SMILES string of the molecule is CC(C)(O)Cn1cc(-c2nc(NC3CCN(C(=O)OC(C)(C)C)CC3)ncc2C(F)(F)F)cn1. The Bertz CT molecular complexity index is 1000. The number of aromatic nitrogens is 4. The van der Waals surface area contributed by atoms with E-state index in [0.717, 1.165) is 6.20 Å². The van der Waals surface area contributed by atoms with Gasteiger partial charge in [0.25, 0.3) is 0 Å². The third-order valence-electron chi connectivity index (χ3n) is 5.03. The normalized spacial score (nSPS) is 16.0. The molecule has 0 spiro atoms. The van der Waals surface area contributed by atoms with Gasteiger partial charge in [0, 0.05) is 37.1 Å². The zero-order valence-electron chi connectivity index (χ0n) is 20.0. The molecule has 0 aromatic carbocycles. The number of likely N-dealkylation sites (tertiary alicyclic amines) is 1. The van der Waals surface area contributed by atoms with Gasteiger partial charge in [-0.25, -0.2) is 14.8 Å². The first kappa shape index (κ1) is 25.7. The first-order valence-corrected chi connectivity index (χ1v) is 11.0. The lowest BCUT2D eigenvalue weighted by molar-refractivity contribution is -0.137. The predicted octanol–water partition coefficient (Wildman–Crippen LogP) is 3.94. The van der Waals surface area contributed by atoms with Crippen molar-refractivity contribution < 1.29 is 27.8 Å². The molecule has 34 heavy (non-hydrogen) atoms. The molecule has 0 aliphatic carbocycles. The largest absolute Gasteiger partial charge is 0.444 e. The maximum Gasteiger partial charge on any atom is 0.419 e. The molecule has 3 rings (SSSR count). The summed E-state index contributed by atoms with van der Waals surface area (Å²) in [5, 5.41) is 17.1. The van der Waals surface area contributed by atoms with E-state index in [2.05, 4.69) is 20.4 Å². The topological polar surface area (TPSA) is 105 Å². The third kappa shape index (κ3) is 7.05. The van der Waals surface area contributed by atoms with Crippen molar-refractivity contribution in [3.05, 3.63) is 24.2 Å². The summed E-state index contributed by atoms with van der Waals surface area (Å²) in [5.74, 6) is 0.0638. The number of amides is 1. The molecule has 188 valence electrons. The van der Waals surface area contributed by atoms with Crippen molar-refractivity contribution in [3.8, 4) is 11.3 Å². The molecule has 1 fully saturated rings. The Balaban J connectivity index is 1.74. The summed E-state index contributed by atoms with van der Waals surface area (Å²) in [7, 11) is 0. The van der Waals surface area contributed by atoms with Crippen LogP contribution in [0.15, 0.2) is 18.6 Å². The van der Waals surface area contributed by atoms with Crippen molar-refractivity contribution in [2.75, 3.05) is 18.4 Å². The van der Waals surface area contributed by atoms with E-state index in [-0.39, 0.29) is 35.9 Å². The summed E-state index contributed by atoms with van der Waals surface area (Å²) in [4.78, 5) is 21.9. The molecule has 12 heteroatoms. The highest BCUT2D eigenvalue weighted by Gasteiger charge is 2.36. The lowest BCUT2D eigenvalue weighted by Crippen LogP contribution is -2.44. The van der Waals surface area contributed by atoms with Crippen LogP contribution in [0.1, 0.15) is 53.0 Å². The van der Waals surface area contributed by atoms with E-state index in [0.29, 0.717) is 25.9 Å². The number of hydrogen-bond acceptors (Lipinski definition) is 7. The molecule has 2 N–H and O–H groups in total. The van der Waals surface area contributed by atoms with E-state index < -0.39 is 22.9 Å². The summed E-state index contributed by atoms with van der Waals surface area (Å²) in [5.41, 5.74) is -2.76. The smallest absolute Gasteiger partial charge is 0.419 e. The monoisotopic (exact) mass is 484 g/mol. The fraction of sp³-hybridized carbons (Fsp3) is 0.636. The van der Waals surface area contributed by atoms with Crippen molar-refractivity contribution in [3.63, 3.8) is 0 Å². The van der Waals surface area contributed by atoms with Gasteiger partial charge in [0.1, 0.15) is 11.2 Å². The number of hydrogen-bond donors (Lipinski definition) is 2. The van der Waals surface area contributed by atoms with Crippen molar-refractivity contribution >= 4 is 12.0 Å². The standard InChI is InChI=1S/C22H31F3N6O3/c1-20(2,3)34-19(32)30-8-6-15(7-9-30)28-18-26-11-16(22(23,24)25)17(29-18)14-10-27-31(12-14)13-21(4,5)33/h10-12,15,33H,6-9,13H2,1-5H3,(H,26,28,29). The molecular formula is C22H31F3N6O3. The number of nitrogens with one attached hydrogen (secondary N) is 1. The molecular weight excluding hydrogens is 453 g/mol. The number of rotatable bonds is 5. The van der Waals surface area contributed by atoms with Gasteiger partial charge in [-0.2, -0.15) is 18.3 Å². The zero-order valence-corrected chi connectivity index (χ0v) is 20.0. The molecule has 0 saturated carbocycles. The Morgan fingerprint density at radius 2 is 1.82 bits per heavy atom. The number of aliphatic hydroxyl groups is 1. The van der Waals surface area contributed by atoms with Gasteiger partial charge in [0.05, 0.1) is 24.0 Å². The molecule has 1 aliphatic rings. The molecule has 1 saturated heterocycles. The maximum atomic E-state index is 13.6. The number of anilines is 1. The third-order valence-corrected chi connectivity index (χ3v) is 5.03. The van der Waals surface area contributed by atoms with Gasteiger partial charge in [-0.05, 0) is 47.5 Å². The summed E-state index contributed by atoms with van der Waals surface area (Å²) in [6.45, 7) is 9.56. The van der Waals surface area contributed by atoms with Gasteiger partial charge in [0.2, 0.25) is 5.95 Å². The van der Waals surface area contributed by atoms with Crippen LogP contribution < -0.4 is 5.32 Å². The van der Waals surface area contributed by atoms with Crippen molar-refractivity contribution in [1.82, 2.24) is 24.6 Å². The molecule has 0 radical (unpaired) electrons. The average Bonchev–Trinajstić information content (AvgIpc) is 3.13. The van der Waals surface area contributed by atoms with E-state index in [1.54, 1.807) is 39.5 Å². The molecule has 1 amide bonds. The zero-order chi connectivity index (χ0) is 25.3. The number of nitrogens with zero attached hydrogens (tertiary/aromatic N) is 5. The molecule has 1 aliphatic heterocycles. The number of alkyl halides is 3. The average molecular weight is 485 g/mol. The van der Waals surface area contributed by atoms with Gasteiger partial charge >= 0.3 is 12.3 Å². The fourth-order valence-electron chi connectivity index (χ4n) is 3.56. The number of piperidine rings is 1. The summed E-state index contributed by atoms with van der Waals surface area (Å²) in [6.07, 6.45) is -0.434. The Labute approximate surface area is 196 Å². The molecule has 2 aromatic rings. The number of halogens is 3. The van der Waals surface area contributed by atoms with Crippen LogP contribution in [0.3, 0.4) is 0 Å². The molecule has 9 nitrogen and oxygen atoms in total. The lowest BCUT2D eigenvalue weighted by atomic mass is 10.1. The predicted molar refractivity (Wildman–Crippen MR) is 119 cm³/mol. The van der Waals surface area contributed by atoms with Gasteiger partial charge in [-0.15, -0.1) is 0 Å². The second-order valence-corrected chi connectivity index (χ2v) is 10.1. The first-order chi connectivity index (χ1) is 15.6. The van der Waals surface area contributed by atoms with Crippen LogP contribution >= 0.6 is 0 Å². The molecule has 0 bridgehead atoms. The molecule has 0 unspecified atom stereocenters. The Morgan fingerprint density at radius 1 is 1.18 bits per heavy atom. The molecule has 0 atom stereocenters. The summed E-state index contributed by atoms with van der Waals surface area (Å²) in [6, 6.07) is -0.110. The second-order valence-electron chi connectivity index (χ2n) is 10.1. The summed E-state index contributed by atoms with van der Waals surface area (Å²) >= 11 is 0. The highest BCUT2D eigenvalue weighted by molar-refractivity contribution is 5.68. The fourth-order valence-corrected chi connectivity index (χ4v) is 3.56. The van der Waals surface area contributed by atoms with Crippen LogP contribution in [-0.4, -0.2) is 66.2 Å². The van der Waals surface area contributed by atoms with Crippen LogP contribution in [-0.2, 0) is 17.5 Å². The number of carbonyl (C=O) groups is 1. The van der Waals surface area contributed by atoms with Crippen LogP contribution in [0, 0.1) is 0 Å². The second kappa shape index (κ2) is 9.40. The van der Waals surface area contributed by atoms with Crippen LogP contribution in [0.2, 0.25) is 0 Å². The Hall–Kier alpha value is -2.89. The van der Waals surface area contributed by atoms with E-state index in [9.17, 15) is 23.1 Å². The van der Waals surface area contributed by atoms with Gasteiger partial charge < -0.3 is 20.1 Å². The van der Waals surface area contributed by atoms with Crippen LogP contribution in [0.5, 0.6) is 0 Å². The van der Waals surface area contributed by atoms with Gasteiger partial charge in [-0.3, -0.25) is 4.68 Å². The minimum absolute atomic E-state index is 0.0638. The highest BCUT2D eigenvalue weighted by Crippen LogP contribution is 2.36. The molecule has 3 heterocycles. The van der Waals surface area contributed by atoms with Gasteiger partial charge in [-0.1, -0.05) is 0 Å². The quantitative estimate of drug-likeness (QED) is 0.662. The van der Waals surface area contributed by atoms with E-state index in [1.807, 2.05) is 0 Å². The van der Waals surface area contributed by atoms with Crippen molar-refractivity contribution in [2.45, 2.75) is 77.4 Å². The minimum atomic E-state index is -4.65. The molecule has 2 aromatic heterocycles. The summed E-state index contributed by atoms with van der Waals surface area (Å²) < 4.78 is 47.6. The Morgan fingerprint density at radius 3 is 2.38 bits per heavy atom. The first-order valence-electron chi connectivity index (χ1n) is 11.0. The van der Waals surface area contributed by atoms with Crippen LogP contribution in [0.4, 0.5) is 23.9 Å². The van der Waals surface area contributed by atoms with Crippen LogP contribution in [0.25, 0.3) is 11.3 Å². The van der Waals surface area contributed by atoms with E-state index >= 15 is 0 Å². The maximum absolute atomic E-state index is 13.6. The van der Waals surface area contributed by atoms with Crippen molar-refractivity contribution in [2.24, 2.45) is 0 Å². The van der Waals surface area contributed by atoms with E-state index in [4.69, 9.17) is 4.74 Å². The lowest BCUT2D eigenvalue weighted by Gasteiger charge is -2.33. The number of ether oxygens (including phenoxy) is 1. The van der Waals surface area contributed by atoms with Gasteiger partial charge in [0.15, 0.2) is 0 Å². The Kier molecular flexibility index (Phi) is 7.11. The number of carbonyl (C=O) groups excluding carboxylic acids is 1.